The SMILES string of the molecule is CCCCc1cn(C2CCN(C(=O)C(NC(C)=O)C(C)C)CC2)nn1. The maximum Gasteiger partial charge on any atom is 0.245 e. The molecule has 2 rings (SSSR count). The Morgan fingerprint density at radius 3 is 2.56 bits per heavy atom. The van der Waals surface area contributed by atoms with Crippen molar-refractivity contribution in [3.05, 3.63) is 11.9 Å². The molecule has 2 amide bonds. The summed E-state index contributed by atoms with van der Waals surface area (Å²) in [5.74, 6) is -0.0689. The van der Waals surface area contributed by atoms with E-state index in [4.69, 9.17) is 0 Å². The summed E-state index contributed by atoms with van der Waals surface area (Å²) in [5.41, 5.74) is 1.05. The molecule has 1 saturated heterocycles. The molecule has 0 aromatic carbocycles. The van der Waals surface area contributed by atoms with E-state index < -0.39 is 6.04 Å². The van der Waals surface area contributed by atoms with E-state index in [9.17, 15) is 9.59 Å². The van der Waals surface area contributed by atoms with Crippen LogP contribution in [0.3, 0.4) is 0 Å². The van der Waals surface area contributed by atoms with E-state index in [1.807, 2.05) is 29.6 Å². The number of carbonyl (C=O) groups excluding carboxylic acids is 2. The van der Waals surface area contributed by atoms with E-state index in [1.54, 1.807) is 0 Å². The average molecular weight is 349 g/mol. The predicted octanol–water partition coefficient (Wildman–Crippen LogP) is 1.94. The molecule has 0 spiro atoms. The molecule has 25 heavy (non-hydrogen) atoms. The first-order chi connectivity index (χ1) is 11.9. The van der Waals surface area contributed by atoms with Crippen LogP contribution in [0.4, 0.5) is 0 Å². The van der Waals surface area contributed by atoms with Crippen molar-refractivity contribution in [1.82, 2.24) is 25.2 Å². The number of piperidine rings is 1. The zero-order valence-corrected chi connectivity index (χ0v) is 15.9. The highest BCUT2D eigenvalue weighted by molar-refractivity contribution is 5.87. The van der Waals surface area contributed by atoms with Gasteiger partial charge in [0.05, 0.1) is 11.7 Å². The van der Waals surface area contributed by atoms with Crippen molar-refractivity contribution in [3.8, 4) is 0 Å². The third kappa shape index (κ3) is 5.28. The van der Waals surface area contributed by atoms with Gasteiger partial charge in [-0.05, 0) is 31.6 Å². The van der Waals surface area contributed by atoms with Crippen LogP contribution in [0.5, 0.6) is 0 Å². The Bertz CT molecular complexity index is 576. The number of nitrogens with one attached hydrogen (secondary N) is 1. The lowest BCUT2D eigenvalue weighted by atomic mass is 9.99. The number of carbonyl (C=O) groups is 2. The minimum Gasteiger partial charge on any atom is -0.344 e. The van der Waals surface area contributed by atoms with E-state index >= 15 is 0 Å². The lowest BCUT2D eigenvalue weighted by Crippen LogP contribution is -2.52. The zero-order valence-electron chi connectivity index (χ0n) is 15.9. The number of amides is 2. The van der Waals surface area contributed by atoms with E-state index in [0.717, 1.165) is 37.8 Å². The van der Waals surface area contributed by atoms with Crippen molar-refractivity contribution in [1.29, 1.82) is 0 Å². The lowest BCUT2D eigenvalue weighted by Gasteiger charge is -2.35. The number of likely N-dealkylation sites (tertiary alicyclic amines) is 1. The fraction of sp³-hybridized carbons (Fsp3) is 0.778. The Kier molecular flexibility index (Phi) is 6.96. The molecule has 1 unspecified atom stereocenters. The Morgan fingerprint density at radius 1 is 1.32 bits per heavy atom. The molecule has 0 radical (unpaired) electrons. The van der Waals surface area contributed by atoms with E-state index in [1.165, 1.54) is 6.92 Å². The number of hydrogen-bond acceptors (Lipinski definition) is 4. The molecule has 1 N–H and O–H groups in total. The van der Waals surface area contributed by atoms with Crippen molar-refractivity contribution >= 4 is 11.8 Å². The third-order valence-electron chi connectivity index (χ3n) is 4.79. The topological polar surface area (TPSA) is 80.1 Å². The first kappa shape index (κ1) is 19.4. The minimum absolute atomic E-state index is 0.0193. The fourth-order valence-corrected chi connectivity index (χ4v) is 3.24. The Labute approximate surface area is 150 Å². The molecule has 7 nitrogen and oxygen atoms in total. The maximum atomic E-state index is 12.7. The van der Waals surface area contributed by atoms with Crippen LogP contribution >= 0.6 is 0 Å². The quantitative estimate of drug-likeness (QED) is 0.816. The van der Waals surface area contributed by atoms with Gasteiger partial charge in [0.2, 0.25) is 11.8 Å². The fourth-order valence-electron chi connectivity index (χ4n) is 3.24. The summed E-state index contributed by atoms with van der Waals surface area (Å²) in [7, 11) is 0. The van der Waals surface area contributed by atoms with Crippen molar-refractivity contribution in [2.75, 3.05) is 13.1 Å². The largest absolute Gasteiger partial charge is 0.344 e. The maximum absolute atomic E-state index is 12.7. The van der Waals surface area contributed by atoms with Crippen LogP contribution in [0.2, 0.25) is 0 Å². The molecule has 140 valence electrons. The van der Waals surface area contributed by atoms with Gasteiger partial charge in [-0.15, -0.1) is 5.10 Å². The average Bonchev–Trinajstić information content (AvgIpc) is 3.06. The van der Waals surface area contributed by atoms with Crippen molar-refractivity contribution in [2.24, 2.45) is 5.92 Å². The summed E-state index contributed by atoms with van der Waals surface area (Å²) < 4.78 is 1.96. The predicted molar refractivity (Wildman–Crippen MR) is 95.9 cm³/mol. The highest BCUT2D eigenvalue weighted by Crippen LogP contribution is 2.23. The molecule has 1 aliphatic heterocycles. The van der Waals surface area contributed by atoms with Gasteiger partial charge in [0.1, 0.15) is 6.04 Å². The van der Waals surface area contributed by atoms with Gasteiger partial charge < -0.3 is 10.2 Å². The van der Waals surface area contributed by atoms with Crippen LogP contribution < -0.4 is 5.32 Å². The second-order valence-corrected chi connectivity index (χ2v) is 7.27. The van der Waals surface area contributed by atoms with Gasteiger partial charge in [-0.2, -0.15) is 0 Å². The van der Waals surface area contributed by atoms with Gasteiger partial charge in [0.25, 0.3) is 0 Å². The summed E-state index contributed by atoms with van der Waals surface area (Å²) in [6.45, 7) is 8.92. The molecular formula is C18H31N5O2. The molecule has 2 heterocycles. The second kappa shape index (κ2) is 8.97. The van der Waals surface area contributed by atoms with Crippen LogP contribution in [0.25, 0.3) is 0 Å². The number of unbranched alkanes of at least 4 members (excludes halogenated alkanes) is 1. The lowest BCUT2D eigenvalue weighted by molar-refractivity contribution is -0.138. The number of rotatable bonds is 7. The number of hydrogen-bond donors (Lipinski definition) is 1. The molecule has 1 fully saturated rings. The molecule has 1 aromatic heterocycles. The molecule has 0 saturated carbocycles. The van der Waals surface area contributed by atoms with Gasteiger partial charge in [-0.25, -0.2) is 4.68 Å². The molecular weight excluding hydrogens is 318 g/mol. The second-order valence-electron chi connectivity index (χ2n) is 7.27. The summed E-state index contributed by atoms with van der Waals surface area (Å²) in [5, 5.41) is 11.3. The molecule has 1 aromatic rings. The Hall–Kier alpha value is -1.92. The van der Waals surface area contributed by atoms with Crippen LogP contribution in [0.1, 0.15) is 65.1 Å². The van der Waals surface area contributed by atoms with E-state index in [2.05, 4.69) is 22.6 Å². The van der Waals surface area contributed by atoms with Gasteiger partial charge in [0, 0.05) is 26.2 Å². The molecule has 1 aliphatic rings. The van der Waals surface area contributed by atoms with Crippen molar-refractivity contribution < 1.29 is 9.59 Å². The standard InChI is InChI=1S/C18H31N5O2/c1-5-6-7-15-12-23(21-20-15)16-8-10-22(11-9-16)18(25)17(13(2)3)19-14(4)24/h12-13,16-17H,5-11H2,1-4H3,(H,19,24). The van der Waals surface area contributed by atoms with Gasteiger partial charge in [-0.1, -0.05) is 32.4 Å². The summed E-state index contributed by atoms with van der Waals surface area (Å²) >= 11 is 0. The number of aromatic nitrogens is 3. The third-order valence-corrected chi connectivity index (χ3v) is 4.79. The summed E-state index contributed by atoms with van der Waals surface area (Å²) in [6, 6.07) is -0.147. The van der Waals surface area contributed by atoms with Crippen LogP contribution in [-0.4, -0.2) is 50.8 Å². The highest BCUT2D eigenvalue weighted by Gasteiger charge is 2.31. The molecule has 0 aliphatic carbocycles. The van der Waals surface area contributed by atoms with Crippen LogP contribution in [0.15, 0.2) is 6.20 Å². The zero-order chi connectivity index (χ0) is 18.4. The number of nitrogens with zero attached hydrogens (tertiary/aromatic N) is 4. The van der Waals surface area contributed by atoms with Gasteiger partial charge in [0.15, 0.2) is 0 Å². The smallest absolute Gasteiger partial charge is 0.245 e. The summed E-state index contributed by atoms with van der Waals surface area (Å²) in [6.07, 6.45) is 7.04. The van der Waals surface area contributed by atoms with E-state index in [-0.39, 0.29) is 17.7 Å². The van der Waals surface area contributed by atoms with Crippen molar-refractivity contribution in [2.45, 2.75) is 71.9 Å². The van der Waals surface area contributed by atoms with Crippen molar-refractivity contribution in [3.63, 3.8) is 0 Å². The molecule has 7 heteroatoms. The molecule has 1 atom stereocenters. The monoisotopic (exact) mass is 349 g/mol. The van der Waals surface area contributed by atoms with Crippen LogP contribution in [-0.2, 0) is 16.0 Å². The Morgan fingerprint density at radius 2 is 2.00 bits per heavy atom. The Balaban J connectivity index is 1.90. The first-order valence-corrected chi connectivity index (χ1v) is 9.39. The number of aryl methyl sites for hydroxylation is 1. The first-order valence-electron chi connectivity index (χ1n) is 9.39. The van der Waals surface area contributed by atoms with Gasteiger partial charge >= 0.3 is 0 Å². The van der Waals surface area contributed by atoms with Gasteiger partial charge in [-0.3, -0.25) is 9.59 Å². The minimum atomic E-state index is -0.443. The summed E-state index contributed by atoms with van der Waals surface area (Å²) in [4.78, 5) is 25.9. The normalized spacial score (nSPS) is 16.9. The van der Waals surface area contributed by atoms with E-state index in [0.29, 0.717) is 19.1 Å². The molecule has 0 bridgehead atoms. The van der Waals surface area contributed by atoms with Crippen LogP contribution in [0, 0.1) is 5.92 Å². The highest BCUT2D eigenvalue weighted by atomic mass is 16.2.